The minimum atomic E-state index is -0.603. The molecule has 0 amide bonds. The zero-order valence-corrected chi connectivity index (χ0v) is 6.78. The summed E-state index contributed by atoms with van der Waals surface area (Å²) in [6.07, 6.45) is 0.253. The zero-order chi connectivity index (χ0) is 12.7. The molecule has 0 unspecified atom stereocenters. The Labute approximate surface area is 75.3 Å². The second kappa shape index (κ2) is 3.05. The topological polar surface area (TPSA) is 26.0 Å². The number of rotatable bonds is 2. The van der Waals surface area contributed by atoms with Gasteiger partial charge in [-0.25, -0.2) is 0 Å². The van der Waals surface area contributed by atoms with Crippen LogP contribution in [0.5, 0.6) is 0 Å². The van der Waals surface area contributed by atoms with Crippen molar-refractivity contribution in [2.24, 2.45) is 5.73 Å². The summed E-state index contributed by atoms with van der Waals surface area (Å²) in [7, 11) is 0. The highest BCUT2D eigenvalue weighted by Gasteiger charge is 2.10. The Kier molecular flexibility index (Phi) is 1.03. The van der Waals surface area contributed by atoms with Crippen LogP contribution in [0.2, 0.25) is 0 Å². The molecule has 0 saturated carbocycles. The maximum absolute atomic E-state index is 7.69. The van der Waals surface area contributed by atoms with Crippen LogP contribution in [0.3, 0.4) is 0 Å². The molecule has 0 fully saturated rings. The van der Waals surface area contributed by atoms with Gasteiger partial charge in [0.25, 0.3) is 0 Å². The molecule has 0 radical (unpaired) electrons. The van der Waals surface area contributed by atoms with E-state index in [0.29, 0.717) is 0 Å². The lowest BCUT2D eigenvalue weighted by Gasteiger charge is -2.17. The molecule has 1 heteroatoms. The van der Waals surface area contributed by atoms with Crippen molar-refractivity contribution in [2.45, 2.75) is 25.8 Å². The molecule has 0 aliphatic heterocycles. The SMILES string of the molecule is [2H]c1c([2H])c([2H])c(CC(C)(C)N)c([2H])c1[2H]. The van der Waals surface area contributed by atoms with Crippen molar-refractivity contribution in [3.05, 3.63) is 35.8 Å². The Morgan fingerprint density at radius 3 is 2.36 bits per heavy atom. The van der Waals surface area contributed by atoms with Crippen LogP contribution < -0.4 is 5.73 Å². The molecule has 0 aliphatic carbocycles. The highest BCUT2D eigenvalue weighted by atomic mass is 14.7. The fourth-order valence-electron chi connectivity index (χ4n) is 0.820. The van der Waals surface area contributed by atoms with E-state index in [1.165, 1.54) is 0 Å². The highest BCUT2D eigenvalue weighted by Crippen LogP contribution is 2.08. The standard InChI is InChI=1S/C10H15N/c1-10(2,11)8-9-6-4-3-5-7-9/h3-7H,8,11H2,1-2H3/i3D,4D,5D,6D,7D. The van der Waals surface area contributed by atoms with Crippen molar-refractivity contribution in [2.75, 3.05) is 0 Å². The molecule has 11 heavy (non-hydrogen) atoms. The van der Waals surface area contributed by atoms with Crippen LogP contribution in [0.25, 0.3) is 0 Å². The van der Waals surface area contributed by atoms with Crippen molar-refractivity contribution in [3.63, 3.8) is 0 Å². The summed E-state index contributed by atoms with van der Waals surface area (Å²) in [5, 5.41) is 0. The Morgan fingerprint density at radius 1 is 1.36 bits per heavy atom. The molecular formula is C10H15N. The van der Waals surface area contributed by atoms with Gasteiger partial charge in [-0.3, -0.25) is 0 Å². The van der Waals surface area contributed by atoms with Gasteiger partial charge in [0.2, 0.25) is 0 Å². The number of nitrogens with two attached hydrogens (primary N) is 1. The van der Waals surface area contributed by atoms with E-state index in [1.807, 2.05) is 0 Å². The average molecular weight is 154 g/mol. The Bertz CT molecular complexity index is 393. The van der Waals surface area contributed by atoms with Gasteiger partial charge in [0.15, 0.2) is 0 Å². The largest absolute Gasteiger partial charge is 0.325 e. The second-order valence-electron chi connectivity index (χ2n) is 3.27. The zero-order valence-electron chi connectivity index (χ0n) is 11.8. The third kappa shape index (κ3) is 3.19. The summed E-state index contributed by atoms with van der Waals surface area (Å²) < 4.78 is 37.8. The second-order valence-corrected chi connectivity index (χ2v) is 3.27. The van der Waals surface area contributed by atoms with Gasteiger partial charge in [-0.1, -0.05) is 30.2 Å². The first-order chi connectivity index (χ1) is 7.15. The molecule has 0 heterocycles. The third-order valence-electron chi connectivity index (χ3n) is 1.18. The van der Waals surface area contributed by atoms with Crippen molar-refractivity contribution >= 4 is 0 Å². The normalized spacial score (nSPS) is 17.9. The summed E-state index contributed by atoms with van der Waals surface area (Å²) in [6.45, 7) is 3.52. The highest BCUT2D eigenvalue weighted by molar-refractivity contribution is 5.16. The minimum absolute atomic E-state index is 0.162. The molecule has 0 aromatic heterocycles. The van der Waals surface area contributed by atoms with Gasteiger partial charge in [0.05, 0.1) is 6.85 Å². The first-order valence-electron chi connectivity index (χ1n) is 6.00. The molecule has 0 bridgehead atoms. The van der Waals surface area contributed by atoms with Gasteiger partial charge in [0.1, 0.15) is 0 Å². The maximum atomic E-state index is 7.69. The summed E-state index contributed by atoms with van der Waals surface area (Å²) in [6, 6.07) is -1.30. The fraction of sp³-hybridized carbons (Fsp3) is 0.400. The summed E-state index contributed by atoms with van der Waals surface area (Å²) >= 11 is 0. The first kappa shape index (κ1) is 3.72. The van der Waals surface area contributed by atoms with Crippen LogP contribution in [0.1, 0.15) is 26.3 Å². The van der Waals surface area contributed by atoms with E-state index < -0.39 is 5.54 Å². The molecule has 60 valence electrons. The summed E-state index contributed by atoms with van der Waals surface area (Å²) in [5.74, 6) is 0. The minimum Gasteiger partial charge on any atom is -0.325 e. The van der Waals surface area contributed by atoms with E-state index in [-0.39, 0.29) is 42.2 Å². The van der Waals surface area contributed by atoms with Crippen molar-refractivity contribution in [1.82, 2.24) is 0 Å². The molecule has 0 atom stereocenters. The number of benzene rings is 1. The smallest absolute Gasteiger partial charge is 0.0626 e. The molecule has 0 aliphatic rings. The fourth-order valence-corrected chi connectivity index (χ4v) is 0.820. The van der Waals surface area contributed by atoms with E-state index in [2.05, 4.69) is 0 Å². The first-order valence-corrected chi connectivity index (χ1v) is 3.50. The van der Waals surface area contributed by atoms with Crippen LogP contribution in [-0.2, 0) is 6.42 Å². The molecule has 0 spiro atoms. The molecular weight excluding hydrogens is 134 g/mol. The van der Waals surface area contributed by atoms with E-state index in [9.17, 15) is 0 Å². The lowest BCUT2D eigenvalue weighted by Crippen LogP contribution is -2.34. The van der Waals surface area contributed by atoms with Crippen LogP contribution in [0, 0.1) is 0 Å². The average Bonchev–Trinajstić information content (AvgIpc) is 2.17. The van der Waals surface area contributed by atoms with E-state index in [0.717, 1.165) is 0 Å². The Balaban J connectivity index is 3.40. The molecule has 0 saturated heterocycles. The van der Waals surface area contributed by atoms with Crippen LogP contribution in [0.15, 0.2) is 30.2 Å². The van der Waals surface area contributed by atoms with Crippen molar-refractivity contribution in [3.8, 4) is 0 Å². The van der Waals surface area contributed by atoms with Gasteiger partial charge in [-0.15, -0.1) is 0 Å². The van der Waals surface area contributed by atoms with Crippen LogP contribution in [-0.4, -0.2) is 5.54 Å². The van der Waals surface area contributed by atoms with Crippen LogP contribution in [0.4, 0.5) is 0 Å². The lowest BCUT2D eigenvalue weighted by molar-refractivity contribution is 0.517. The Morgan fingerprint density at radius 2 is 1.91 bits per heavy atom. The molecule has 1 nitrogen and oxygen atoms in total. The van der Waals surface area contributed by atoms with Crippen molar-refractivity contribution < 1.29 is 6.85 Å². The third-order valence-corrected chi connectivity index (χ3v) is 1.18. The van der Waals surface area contributed by atoms with E-state index in [1.54, 1.807) is 13.8 Å². The quantitative estimate of drug-likeness (QED) is 0.692. The number of hydrogen-bond donors (Lipinski definition) is 1. The summed E-state index contributed by atoms with van der Waals surface area (Å²) in [4.78, 5) is 0. The molecule has 1 aromatic rings. The van der Waals surface area contributed by atoms with Crippen LogP contribution >= 0.6 is 0 Å². The lowest BCUT2D eigenvalue weighted by atomic mass is 9.96. The summed E-state index contributed by atoms with van der Waals surface area (Å²) in [5.41, 5.74) is 5.48. The monoisotopic (exact) mass is 154 g/mol. The van der Waals surface area contributed by atoms with Gasteiger partial charge in [-0.05, 0) is 25.8 Å². The number of hydrogen-bond acceptors (Lipinski definition) is 1. The predicted molar refractivity (Wildman–Crippen MR) is 48.4 cm³/mol. The van der Waals surface area contributed by atoms with Gasteiger partial charge >= 0.3 is 0 Å². The van der Waals surface area contributed by atoms with Crippen molar-refractivity contribution in [1.29, 1.82) is 0 Å². The Hall–Kier alpha value is -0.820. The van der Waals surface area contributed by atoms with Gasteiger partial charge in [0, 0.05) is 5.54 Å². The van der Waals surface area contributed by atoms with E-state index in [4.69, 9.17) is 12.6 Å². The maximum Gasteiger partial charge on any atom is 0.0626 e. The van der Waals surface area contributed by atoms with Gasteiger partial charge in [-0.2, -0.15) is 0 Å². The molecule has 1 aromatic carbocycles. The molecule has 1 rings (SSSR count). The molecule has 2 N–H and O–H groups in total. The predicted octanol–water partition coefficient (Wildman–Crippen LogP) is 1.97. The van der Waals surface area contributed by atoms with E-state index >= 15 is 0 Å². The van der Waals surface area contributed by atoms with Gasteiger partial charge < -0.3 is 5.73 Å².